The molecule has 3 nitrogen and oxygen atoms in total. The lowest BCUT2D eigenvalue weighted by Gasteiger charge is -2.06. The van der Waals surface area contributed by atoms with Crippen LogP contribution in [0.5, 0.6) is 0 Å². The standard InChI is InChI=1S/C24H24O3S17/c25-21-37-13-14(38-21)30-6-2-8-32-16-18(42-23(27)40-16)34-10-4-12-36-20-19(43-24(28)44-20)35-11-3-9-33-17-15(39-22(26)41-17)31-7-1-5-29-13/h1-12H2. The maximum Gasteiger partial charge on any atom is 0.289 e. The van der Waals surface area contributed by atoms with Gasteiger partial charge in [-0.1, -0.05) is 80.2 Å². The minimum Gasteiger partial charge on any atom is -0.265 e. The summed E-state index contributed by atoms with van der Waals surface area (Å²) in [4.78, 5) is 36.6. The van der Waals surface area contributed by atoms with Crippen LogP contribution in [0.4, 0.5) is 0 Å². The summed E-state index contributed by atoms with van der Waals surface area (Å²) in [6, 6.07) is 0. The molecular formula is C24H24O3S17. The summed E-state index contributed by atoms with van der Waals surface area (Å²) >= 11 is 32.0. The molecule has 1 aliphatic heterocycles. The van der Waals surface area contributed by atoms with Gasteiger partial charge in [0.2, 0.25) is 0 Å². The summed E-state index contributed by atoms with van der Waals surface area (Å²) in [6.45, 7) is 0. The Kier molecular flexibility index (Phi) is 17.6. The van der Waals surface area contributed by atoms with Crippen molar-refractivity contribution in [2.45, 2.75) is 59.4 Å². The molecule has 0 aliphatic carbocycles. The van der Waals surface area contributed by atoms with E-state index in [9.17, 15) is 14.4 Å². The van der Waals surface area contributed by atoms with Crippen molar-refractivity contribution in [3.63, 3.8) is 0 Å². The maximum atomic E-state index is 12.2. The zero-order chi connectivity index (χ0) is 30.7. The molecule has 1 aliphatic rings. The third kappa shape index (κ3) is 12.4. The molecule has 20 heteroatoms. The summed E-state index contributed by atoms with van der Waals surface area (Å²) < 4.78 is 11.2. The smallest absolute Gasteiger partial charge is 0.265 e. The molecule has 44 heavy (non-hydrogen) atoms. The second-order valence-electron chi connectivity index (χ2n) is 8.32. The number of hydrogen-bond acceptors (Lipinski definition) is 20. The number of fused-ring (bicyclic) bond motifs is 4. The number of rotatable bonds is 0. The van der Waals surface area contributed by atoms with Crippen molar-refractivity contribution >= 4 is 197 Å². The van der Waals surface area contributed by atoms with E-state index in [1.54, 1.807) is 69.7 Å². The Morgan fingerprint density at radius 2 is 0.500 bits per heavy atom. The van der Waals surface area contributed by atoms with E-state index in [1.807, 2.05) is 47.0 Å². The van der Waals surface area contributed by atoms with Gasteiger partial charge in [0.15, 0.2) is 0 Å². The quantitative estimate of drug-likeness (QED) is 0.158. The highest BCUT2D eigenvalue weighted by Crippen LogP contribution is 2.43. The summed E-state index contributed by atoms with van der Waals surface area (Å²) in [7, 11) is 0. The predicted octanol–water partition coefficient (Wildman–Crippen LogP) is 12.4. The minimum absolute atomic E-state index is 0.168. The van der Waals surface area contributed by atoms with Gasteiger partial charge in [-0.3, -0.25) is 14.4 Å². The Bertz CT molecular complexity index is 1340. The van der Waals surface area contributed by atoms with E-state index in [0.717, 1.165) is 83.3 Å². The average molecular weight is 906 g/mol. The van der Waals surface area contributed by atoms with E-state index < -0.39 is 0 Å². The Labute approximate surface area is 327 Å². The van der Waals surface area contributed by atoms with Gasteiger partial charge in [0.25, 0.3) is 12.2 Å². The van der Waals surface area contributed by atoms with Crippen molar-refractivity contribution < 1.29 is 0 Å². The fourth-order valence-corrected chi connectivity index (χ4v) is 26.0. The van der Waals surface area contributed by atoms with Crippen LogP contribution in [-0.2, 0) is 0 Å². The van der Waals surface area contributed by atoms with Crippen molar-refractivity contribution in [1.29, 1.82) is 0 Å². The Morgan fingerprint density at radius 1 is 0.318 bits per heavy atom. The monoisotopic (exact) mass is 904 g/mol. The molecular weight excluding hydrogens is 881 g/mol. The maximum absolute atomic E-state index is 12.2. The van der Waals surface area contributed by atoms with Gasteiger partial charge in [0.1, 0.15) is 3.14 Å². The lowest BCUT2D eigenvalue weighted by Crippen LogP contribution is -1.87. The zero-order valence-electron chi connectivity index (χ0n) is 22.7. The van der Waals surface area contributed by atoms with E-state index in [0.29, 0.717) is 0 Å². The van der Waals surface area contributed by atoms with Crippen LogP contribution >= 0.6 is 197 Å². The molecule has 0 N–H and O–H groups in total. The molecule has 0 amide bonds. The van der Waals surface area contributed by atoms with Crippen LogP contribution in [0.2, 0.25) is 0 Å². The second kappa shape index (κ2) is 20.5. The Hall–Kier alpha value is 2.62. The molecule has 4 aromatic heterocycles. The molecule has 0 saturated carbocycles. The van der Waals surface area contributed by atoms with Crippen molar-refractivity contribution in [1.82, 2.24) is 0 Å². The molecule has 0 spiro atoms. The first-order chi connectivity index (χ1) is 21.4. The topological polar surface area (TPSA) is 51.2 Å². The molecule has 240 valence electrons. The van der Waals surface area contributed by atoms with Gasteiger partial charge in [-0.25, -0.2) is 0 Å². The molecule has 5 rings (SSSR count). The number of thioether (sulfide) groups is 8. The van der Waals surface area contributed by atoms with Crippen LogP contribution in [0, 0.1) is 3.14 Å². The first kappa shape index (κ1) is 37.9. The van der Waals surface area contributed by atoms with Gasteiger partial charge < -0.3 is 0 Å². The molecule has 0 unspecified atom stereocenters. The zero-order valence-corrected chi connectivity index (χ0v) is 36.5. The molecule has 5 heterocycles. The van der Waals surface area contributed by atoms with Gasteiger partial charge in [-0.2, -0.15) is 0 Å². The van der Waals surface area contributed by atoms with Crippen molar-refractivity contribution in [2.24, 2.45) is 0 Å². The van der Waals surface area contributed by atoms with Gasteiger partial charge in [-0.15, -0.1) is 117 Å². The van der Waals surface area contributed by atoms with Crippen molar-refractivity contribution in [2.75, 3.05) is 46.0 Å². The fourth-order valence-electron chi connectivity index (χ4n) is 3.28. The van der Waals surface area contributed by atoms with Crippen LogP contribution in [0.3, 0.4) is 0 Å². The summed E-state index contributed by atoms with van der Waals surface area (Å²) in [5.41, 5.74) is 0. The van der Waals surface area contributed by atoms with Crippen LogP contribution in [0.25, 0.3) is 0 Å². The van der Waals surface area contributed by atoms with Gasteiger partial charge in [0, 0.05) is 0 Å². The van der Waals surface area contributed by atoms with E-state index >= 15 is 0 Å². The molecule has 0 fully saturated rings. The first-order valence-corrected chi connectivity index (χ1v) is 27.8. The highest BCUT2D eigenvalue weighted by atomic mass is 32.2. The first-order valence-electron chi connectivity index (χ1n) is 13.0. The van der Waals surface area contributed by atoms with Crippen molar-refractivity contribution in [3.8, 4) is 0 Å². The normalized spacial score (nSPS) is 17.5. The third-order valence-electron chi connectivity index (χ3n) is 5.09. The molecule has 0 radical (unpaired) electrons. The van der Waals surface area contributed by atoms with Crippen LogP contribution in [-0.4, -0.2) is 46.0 Å². The van der Waals surface area contributed by atoms with Gasteiger partial charge >= 0.3 is 0 Å². The highest BCUT2D eigenvalue weighted by molar-refractivity contribution is 8.07. The summed E-state index contributed by atoms with van der Waals surface area (Å²) in [6.07, 6.45) is 4.22. The average Bonchev–Trinajstić information content (AvgIpc) is 3.73. The molecule has 0 saturated heterocycles. The largest absolute Gasteiger partial charge is 0.289 e. The van der Waals surface area contributed by atoms with Gasteiger partial charge in [0.05, 0.1) is 33.7 Å². The molecule has 0 atom stereocenters. The number of hydrogen-bond donors (Lipinski definition) is 0. The van der Waals surface area contributed by atoms with E-state index in [-0.39, 0.29) is 12.2 Å². The minimum atomic E-state index is 0.168. The lowest BCUT2D eigenvalue weighted by atomic mass is 10.6. The van der Waals surface area contributed by atoms with Crippen molar-refractivity contribution in [3.05, 3.63) is 29.7 Å². The lowest BCUT2D eigenvalue weighted by molar-refractivity contribution is 1.11. The third-order valence-corrected chi connectivity index (χ3v) is 26.6. The highest BCUT2D eigenvalue weighted by Gasteiger charge is 2.15. The summed E-state index contributed by atoms with van der Waals surface area (Å²) in [5, 5.41) is 0. The second-order valence-corrected chi connectivity index (χ2v) is 29.1. The molecule has 0 aromatic carbocycles. The van der Waals surface area contributed by atoms with Crippen LogP contribution in [0.1, 0.15) is 25.7 Å². The molecule has 0 bridgehead atoms. The summed E-state index contributed by atoms with van der Waals surface area (Å²) in [5.74, 6) is 7.98. The predicted molar refractivity (Wildman–Crippen MR) is 223 cm³/mol. The van der Waals surface area contributed by atoms with E-state index in [4.69, 9.17) is 12.2 Å². The fraction of sp³-hybridized carbons (Fsp3) is 0.500. The Balaban J connectivity index is 1.20. The SMILES string of the molecule is O=c1sc2c(s1)SCCCSc1sc(=O)sc1SCCCSc1sc(=S)sc1SCCCSc1sc(=O)sc1SCCCS2. The van der Waals surface area contributed by atoms with E-state index in [1.165, 1.54) is 93.3 Å². The van der Waals surface area contributed by atoms with Gasteiger partial charge in [-0.05, 0) is 71.7 Å². The van der Waals surface area contributed by atoms with E-state index in [2.05, 4.69) is 0 Å². The molecule has 4 aromatic rings. The van der Waals surface area contributed by atoms with Crippen LogP contribution in [0.15, 0.2) is 48.1 Å². The Morgan fingerprint density at radius 3 is 0.705 bits per heavy atom. The van der Waals surface area contributed by atoms with Crippen LogP contribution < -0.4 is 12.2 Å².